The zero-order chi connectivity index (χ0) is 15.6. The van der Waals surface area contributed by atoms with Crippen LogP contribution in [0.5, 0.6) is 0 Å². The van der Waals surface area contributed by atoms with Crippen molar-refractivity contribution < 1.29 is 23.1 Å². The van der Waals surface area contributed by atoms with Gasteiger partial charge in [-0.05, 0) is 6.42 Å². The molecular weight excluding hydrogens is 289 g/mol. The topological polar surface area (TPSA) is 71.2 Å². The summed E-state index contributed by atoms with van der Waals surface area (Å²) in [5.74, 6) is -1.80. The Kier molecular flexibility index (Phi) is 4.50. The number of halogens is 3. The molecule has 0 spiro atoms. The second kappa shape index (κ2) is 6.00. The van der Waals surface area contributed by atoms with Gasteiger partial charge in [0.05, 0.1) is 6.54 Å². The van der Waals surface area contributed by atoms with Crippen molar-refractivity contribution in [3.8, 4) is 0 Å². The van der Waals surface area contributed by atoms with Crippen LogP contribution in [-0.4, -0.2) is 43.3 Å². The van der Waals surface area contributed by atoms with Crippen LogP contribution in [-0.2, 0) is 24.1 Å². The highest BCUT2D eigenvalue weighted by Crippen LogP contribution is 2.30. The first-order valence-electron chi connectivity index (χ1n) is 6.80. The maximum absolute atomic E-state index is 12.7. The lowest BCUT2D eigenvalue weighted by atomic mass is 10.1. The molecule has 0 radical (unpaired) electrons. The normalized spacial score (nSPS) is 17.5. The van der Waals surface area contributed by atoms with Crippen LogP contribution in [0.2, 0.25) is 0 Å². The van der Waals surface area contributed by atoms with E-state index in [1.54, 1.807) is 4.90 Å². The van der Waals surface area contributed by atoms with Crippen LogP contribution in [0.1, 0.15) is 37.8 Å². The third-order valence-corrected chi connectivity index (χ3v) is 3.59. The van der Waals surface area contributed by atoms with Gasteiger partial charge in [-0.2, -0.15) is 13.2 Å². The monoisotopic (exact) mass is 306 g/mol. The molecule has 1 aliphatic rings. The van der Waals surface area contributed by atoms with Gasteiger partial charge < -0.3 is 9.67 Å². The average Bonchev–Trinajstić information content (AvgIpc) is 2.81. The van der Waals surface area contributed by atoms with E-state index >= 15 is 0 Å². The van der Waals surface area contributed by atoms with E-state index in [9.17, 15) is 23.1 Å². The van der Waals surface area contributed by atoms with Gasteiger partial charge in [-0.3, -0.25) is 9.69 Å². The molecule has 0 saturated heterocycles. The highest BCUT2D eigenvalue weighted by Gasteiger charge is 2.40. The van der Waals surface area contributed by atoms with Crippen molar-refractivity contribution in [3.63, 3.8) is 0 Å². The number of alkyl halides is 3. The minimum Gasteiger partial charge on any atom is -0.480 e. The molecular formula is C12H17F3N4O2. The molecule has 0 fully saturated rings. The largest absolute Gasteiger partial charge is 0.480 e. The summed E-state index contributed by atoms with van der Waals surface area (Å²) in [6.45, 7) is 2.33. The highest BCUT2D eigenvalue weighted by atomic mass is 19.4. The second-order valence-corrected chi connectivity index (χ2v) is 5.06. The maximum atomic E-state index is 12.7. The number of hydrogen-bond donors (Lipinski definition) is 1. The number of aromatic nitrogens is 3. The number of carboxylic acid groups (broad SMARTS) is 1. The van der Waals surface area contributed by atoms with Gasteiger partial charge in [0.15, 0.2) is 0 Å². The minimum atomic E-state index is -4.54. The van der Waals surface area contributed by atoms with E-state index in [1.807, 2.05) is 6.92 Å². The summed E-state index contributed by atoms with van der Waals surface area (Å²) in [5, 5.41) is 16.0. The molecule has 1 N–H and O–H groups in total. The summed E-state index contributed by atoms with van der Waals surface area (Å²) in [7, 11) is 0. The van der Waals surface area contributed by atoms with Crippen molar-refractivity contribution >= 4 is 5.97 Å². The number of hydrogen-bond acceptors (Lipinski definition) is 4. The van der Waals surface area contributed by atoms with Crippen LogP contribution in [0.25, 0.3) is 0 Å². The summed E-state index contributed by atoms with van der Waals surface area (Å²) in [6, 6.07) is -0.690. The quantitative estimate of drug-likeness (QED) is 0.897. The maximum Gasteiger partial charge on any atom is 0.451 e. The van der Waals surface area contributed by atoms with Gasteiger partial charge >= 0.3 is 12.1 Å². The van der Waals surface area contributed by atoms with Crippen LogP contribution >= 0.6 is 0 Å². The predicted molar refractivity (Wildman–Crippen MR) is 66.4 cm³/mol. The first kappa shape index (κ1) is 15.7. The Balaban J connectivity index is 2.15. The van der Waals surface area contributed by atoms with Gasteiger partial charge in [0, 0.05) is 13.1 Å². The number of unbranched alkanes of at least 4 members (excludes halogenated alkanes) is 1. The van der Waals surface area contributed by atoms with Gasteiger partial charge in [-0.1, -0.05) is 19.8 Å². The van der Waals surface area contributed by atoms with Crippen molar-refractivity contribution in [2.75, 3.05) is 6.54 Å². The van der Waals surface area contributed by atoms with Gasteiger partial charge in [0.2, 0.25) is 5.82 Å². The molecule has 1 unspecified atom stereocenters. The molecule has 2 rings (SSSR count). The highest BCUT2D eigenvalue weighted by molar-refractivity contribution is 5.73. The molecule has 0 bridgehead atoms. The van der Waals surface area contributed by atoms with Crippen LogP contribution < -0.4 is 0 Å². The number of carboxylic acids is 1. The Bertz CT molecular complexity index is 515. The Labute approximate surface area is 119 Å². The molecule has 0 aromatic carbocycles. The molecule has 1 aromatic heterocycles. The number of nitrogens with zero attached hydrogens (tertiary/aromatic N) is 4. The van der Waals surface area contributed by atoms with Gasteiger partial charge in [-0.15, -0.1) is 10.2 Å². The lowest BCUT2D eigenvalue weighted by Crippen LogP contribution is -2.45. The number of aliphatic carboxylic acids is 1. The van der Waals surface area contributed by atoms with E-state index in [0.717, 1.165) is 17.4 Å². The molecule has 118 valence electrons. The Hall–Kier alpha value is -1.64. The molecule has 21 heavy (non-hydrogen) atoms. The summed E-state index contributed by atoms with van der Waals surface area (Å²) in [6.07, 6.45) is -2.44. The van der Waals surface area contributed by atoms with Crippen molar-refractivity contribution in [3.05, 3.63) is 11.6 Å². The van der Waals surface area contributed by atoms with Crippen LogP contribution in [0, 0.1) is 0 Å². The molecule has 1 atom stereocenters. The molecule has 0 saturated carbocycles. The lowest BCUT2D eigenvalue weighted by Gasteiger charge is -2.32. The third-order valence-electron chi connectivity index (χ3n) is 3.59. The fourth-order valence-electron chi connectivity index (χ4n) is 2.51. The zero-order valence-corrected chi connectivity index (χ0v) is 11.6. The van der Waals surface area contributed by atoms with Crippen molar-refractivity contribution in [1.82, 2.24) is 19.7 Å². The fourth-order valence-corrected chi connectivity index (χ4v) is 2.51. The molecule has 1 aliphatic heterocycles. The molecule has 1 aromatic rings. The molecule has 0 aliphatic carbocycles. The van der Waals surface area contributed by atoms with Crippen molar-refractivity contribution in [1.29, 1.82) is 0 Å². The van der Waals surface area contributed by atoms with Crippen LogP contribution in [0.15, 0.2) is 0 Å². The predicted octanol–water partition coefficient (Wildman–Crippen LogP) is 1.76. The average molecular weight is 306 g/mol. The van der Waals surface area contributed by atoms with Crippen LogP contribution in [0.4, 0.5) is 13.2 Å². The molecule has 9 heteroatoms. The fraction of sp³-hybridized carbons (Fsp3) is 0.750. The van der Waals surface area contributed by atoms with E-state index in [-0.39, 0.29) is 25.5 Å². The lowest BCUT2D eigenvalue weighted by molar-refractivity contribution is -0.149. The minimum absolute atomic E-state index is 0.0487. The smallest absolute Gasteiger partial charge is 0.451 e. The number of fused-ring (bicyclic) bond motifs is 1. The second-order valence-electron chi connectivity index (χ2n) is 5.06. The molecule has 0 amide bonds. The van der Waals surface area contributed by atoms with Crippen molar-refractivity contribution in [2.45, 2.75) is 51.5 Å². The SMILES string of the molecule is CCCCC(C(=O)O)N1CCn2c(nnc2C(F)(F)F)C1. The summed E-state index contributed by atoms with van der Waals surface area (Å²) >= 11 is 0. The van der Waals surface area contributed by atoms with E-state index in [1.165, 1.54) is 0 Å². The van der Waals surface area contributed by atoms with Crippen molar-refractivity contribution in [2.24, 2.45) is 0 Å². The standard InChI is InChI=1S/C12H17F3N4O2/c1-2-3-4-8(10(20)21)18-5-6-19-9(7-18)16-17-11(19)12(13,14)15/h8H,2-7H2,1H3,(H,20,21). The van der Waals surface area contributed by atoms with Crippen LogP contribution in [0.3, 0.4) is 0 Å². The van der Waals surface area contributed by atoms with E-state index in [4.69, 9.17) is 0 Å². The van der Waals surface area contributed by atoms with Gasteiger partial charge in [0.1, 0.15) is 11.9 Å². The molecule has 6 nitrogen and oxygen atoms in total. The first-order chi connectivity index (χ1) is 9.84. The number of rotatable bonds is 5. The van der Waals surface area contributed by atoms with E-state index in [0.29, 0.717) is 6.42 Å². The summed E-state index contributed by atoms with van der Waals surface area (Å²) in [5.41, 5.74) is 0. The van der Waals surface area contributed by atoms with E-state index < -0.39 is 24.0 Å². The Morgan fingerprint density at radius 2 is 2.10 bits per heavy atom. The molecule has 2 heterocycles. The third kappa shape index (κ3) is 3.34. The van der Waals surface area contributed by atoms with Gasteiger partial charge in [0.25, 0.3) is 0 Å². The zero-order valence-electron chi connectivity index (χ0n) is 11.6. The van der Waals surface area contributed by atoms with Gasteiger partial charge in [-0.25, -0.2) is 0 Å². The first-order valence-corrected chi connectivity index (χ1v) is 6.80. The summed E-state index contributed by atoms with van der Waals surface area (Å²) in [4.78, 5) is 13.0. The summed E-state index contributed by atoms with van der Waals surface area (Å²) < 4.78 is 39.2. The Morgan fingerprint density at radius 1 is 1.38 bits per heavy atom. The number of carbonyl (C=O) groups is 1. The Morgan fingerprint density at radius 3 is 2.67 bits per heavy atom. The van der Waals surface area contributed by atoms with E-state index in [2.05, 4.69) is 10.2 Å².